The molecule has 210 valence electrons. The number of anilines is 2. The molecule has 2 aliphatic rings. The second-order valence-corrected chi connectivity index (χ2v) is 10.7. The third-order valence-electron chi connectivity index (χ3n) is 8.05. The lowest BCUT2D eigenvalue weighted by molar-refractivity contribution is -0.137. The van der Waals surface area contributed by atoms with Crippen LogP contribution in [0.5, 0.6) is 0 Å². The number of allylic oxidation sites excluding steroid dienone is 1. The quantitative estimate of drug-likeness (QED) is 0.349. The summed E-state index contributed by atoms with van der Waals surface area (Å²) in [4.78, 5) is 27.6. The maximum atomic E-state index is 13.0. The second kappa shape index (κ2) is 12.1. The Labute approximate surface area is 234 Å². The first kappa shape index (κ1) is 27.7. The van der Waals surface area contributed by atoms with Crippen LogP contribution in [-0.2, 0) is 21.7 Å². The third-order valence-corrected chi connectivity index (χ3v) is 8.05. The molecule has 3 N–H and O–H groups in total. The zero-order valence-corrected chi connectivity index (χ0v) is 22.9. The van der Waals surface area contributed by atoms with Crippen LogP contribution < -0.4 is 10.2 Å². The van der Waals surface area contributed by atoms with Crippen molar-refractivity contribution in [2.24, 2.45) is 5.92 Å². The fraction of sp³-hybridized carbons (Fsp3) is 0.419. The molecule has 5 rings (SSSR count). The number of amides is 2. The fourth-order valence-electron chi connectivity index (χ4n) is 5.63. The molecule has 9 nitrogen and oxygen atoms in total. The number of fused-ring (bicyclic) bond motifs is 1. The minimum absolute atomic E-state index is 0.0596. The molecule has 3 aromatic rings. The molecule has 40 heavy (non-hydrogen) atoms. The van der Waals surface area contributed by atoms with Crippen molar-refractivity contribution in [3.8, 4) is 0 Å². The van der Waals surface area contributed by atoms with Crippen LogP contribution >= 0.6 is 0 Å². The van der Waals surface area contributed by atoms with E-state index in [0.717, 1.165) is 36.9 Å². The molecule has 9 heteroatoms. The van der Waals surface area contributed by atoms with Gasteiger partial charge in [-0.1, -0.05) is 67.5 Å². The van der Waals surface area contributed by atoms with Crippen molar-refractivity contribution in [3.05, 3.63) is 83.7 Å². The predicted molar refractivity (Wildman–Crippen MR) is 153 cm³/mol. The van der Waals surface area contributed by atoms with Crippen molar-refractivity contribution in [2.45, 2.75) is 63.5 Å². The number of rotatable bonds is 9. The molecule has 1 saturated heterocycles. The van der Waals surface area contributed by atoms with Gasteiger partial charge in [-0.25, -0.2) is 0 Å². The lowest BCUT2D eigenvalue weighted by Crippen LogP contribution is -2.40. The summed E-state index contributed by atoms with van der Waals surface area (Å²) in [5.74, 6) is -1.12. The van der Waals surface area contributed by atoms with Gasteiger partial charge in [0.15, 0.2) is 5.60 Å². The average molecular weight is 544 g/mol. The van der Waals surface area contributed by atoms with Crippen LogP contribution in [0.3, 0.4) is 0 Å². The summed E-state index contributed by atoms with van der Waals surface area (Å²) in [7, 11) is 0. The van der Waals surface area contributed by atoms with Crippen molar-refractivity contribution in [3.63, 3.8) is 0 Å². The maximum Gasteiger partial charge on any atom is 0.261 e. The van der Waals surface area contributed by atoms with Gasteiger partial charge >= 0.3 is 0 Å². The van der Waals surface area contributed by atoms with Gasteiger partial charge in [0, 0.05) is 48.6 Å². The summed E-state index contributed by atoms with van der Waals surface area (Å²) in [6, 6.07) is 15.1. The lowest BCUT2D eigenvalue weighted by Gasteiger charge is -2.29. The first-order chi connectivity index (χ1) is 19.4. The van der Waals surface area contributed by atoms with E-state index in [9.17, 15) is 19.8 Å². The number of benzene rings is 2. The first-order valence-electron chi connectivity index (χ1n) is 14.1. The van der Waals surface area contributed by atoms with Gasteiger partial charge in [-0.3, -0.25) is 14.3 Å². The largest absolute Gasteiger partial charge is 0.395 e. The molecule has 0 saturated carbocycles. The molecule has 3 atom stereocenters. The molecule has 2 amide bonds. The molecule has 1 aromatic heterocycles. The molecular weight excluding hydrogens is 506 g/mol. The smallest absolute Gasteiger partial charge is 0.261 e. The molecule has 0 bridgehead atoms. The number of aliphatic hydroxyl groups excluding tert-OH is 1. The van der Waals surface area contributed by atoms with Gasteiger partial charge in [-0.2, -0.15) is 0 Å². The Morgan fingerprint density at radius 2 is 1.90 bits per heavy atom. The number of aliphatic hydroxyl groups is 2. The second-order valence-electron chi connectivity index (χ2n) is 10.7. The zero-order valence-electron chi connectivity index (χ0n) is 22.9. The molecule has 0 spiro atoms. The zero-order chi connectivity index (χ0) is 28.1. The Balaban J connectivity index is 1.26. The van der Waals surface area contributed by atoms with E-state index in [1.165, 1.54) is 0 Å². The Morgan fingerprint density at radius 1 is 1.10 bits per heavy atom. The predicted octanol–water partition coefficient (Wildman–Crippen LogP) is 4.12. The highest BCUT2D eigenvalue weighted by atomic mass is 16.3. The fourth-order valence-corrected chi connectivity index (χ4v) is 5.63. The number of aryl methyl sites for hydroxylation is 1. The van der Waals surface area contributed by atoms with Crippen LogP contribution in [-0.4, -0.2) is 50.2 Å². The third kappa shape index (κ3) is 5.57. The summed E-state index contributed by atoms with van der Waals surface area (Å²) < 4.78 is 1.73. The van der Waals surface area contributed by atoms with Gasteiger partial charge in [-0.15, -0.1) is 5.10 Å². The van der Waals surface area contributed by atoms with Gasteiger partial charge in [0.1, 0.15) is 0 Å². The van der Waals surface area contributed by atoms with Crippen LogP contribution in [0.25, 0.3) is 0 Å². The number of aromatic nitrogens is 3. The summed E-state index contributed by atoms with van der Waals surface area (Å²) in [5, 5.41) is 32.8. The van der Waals surface area contributed by atoms with E-state index >= 15 is 0 Å². The van der Waals surface area contributed by atoms with Gasteiger partial charge in [0.25, 0.3) is 5.91 Å². The topological polar surface area (TPSA) is 121 Å². The molecule has 2 aromatic carbocycles. The van der Waals surface area contributed by atoms with Crippen molar-refractivity contribution in [1.29, 1.82) is 0 Å². The van der Waals surface area contributed by atoms with E-state index in [0.29, 0.717) is 42.9 Å². The Morgan fingerprint density at radius 3 is 2.70 bits per heavy atom. The van der Waals surface area contributed by atoms with E-state index in [1.807, 2.05) is 61.7 Å². The van der Waals surface area contributed by atoms with Crippen LogP contribution in [0.4, 0.5) is 11.4 Å². The molecule has 0 aliphatic carbocycles. The maximum absolute atomic E-state index is 13.0. The minimum Gasteiger partial charge on any atom is -0.395 e. The lowest BCUT2D eigenvalue weighted by atomic mass is 9.82. The van der Waals surface area contributed by atoms with Crippen molar-refractivity contribution in [2.75, 3.05) is 23.4 Å². The van der Waals surface area contributed by atoms with Crippen molar-refractivity contribution >= 4 is 23.2 Å². The number of hydrogen-bond acceptors (Lipinski definition) is 6. The summed E-state index contributed by atoms with van der Waals surface area (Å²) in [5.41, 5.74) is 1.73. The monoisotopic (exact) mass is 543 g/mol. The normalized spacial score (nSPS) is 21.1. The average Bonchev–Trinajstić information content (AvgIpc) is 3.52. The van der Waals surface area contributed by atoms with Crippen LogP contribution in [0, 0.1) is 5.92 Å². The van der Waals surface area contributed by atoms with E-state index < -0.39 is 17.4 Å². The Hall–Kier alpha value is -3.82. The first-order valence-corrected chi connectivity index (χ1v) is 14.1. The van der Waals surface area contributed by atoms with Crippen LogP contribution in [0.2, 0.25) is 0 Å². The number of nitrogens with one attached hydrogen (secondary N) is 1. The highest BCUT2D eigenvalue weighted by Crippen LogP contribution is 2.43. The molecule has 0 radical (unpaired) electrons. The van der Waals surface area contributed by atoms with Crippen LogP contribution in [0.1, 0.15) is 68.2 Å². The van der Waals surface area contributed by atoms with Gasteiger partial charge in [-0.05, 0) is 43.0 Å². The SMILES string of the molecule is C[C@H](/C=C/CCn1cc(C(CO)c2ccccc2)nn1)[C@@]1(O)C(=O)Nc2ccc(N3CCCCCCC3=O)cc21. The Bertz CT molecular complexity index is 1370. The molecule has 2 aliphatic heterocycles. The van der Waals surface area contributed by atoms with Gasteiger partial charge in [0.2, 0.25) is 5.91 Å². The van der Waals surface area contributed by atoms with E-state index in [-0.39, 0.29) is 18.4 Å². The van der Waals surface area contributed by atoms with Crippen LogP contribution in [0.15, 0.2) is 66.9 Å². The van der Waals surface area contributed by atoms with Gasteiger partial charge < -0.3 is 20.4 Å². The number of carbonyl (C=O) groups is 2. The molecular formula is C31H37N5O4. The Kier molecular flexibility index (Phi) is 8.42. The summed E-state index contributed by atoms with van der Waals surface area (Å²) >= 11 is 0. The van der Waals surface area contributed by atoms with E-state index in [4.69, 9.17) is 0 Å². The number of hydrogen-bond donors (Lipinski definition) is 3. The highest BCUT2D eigenvalue weighted by Gasteiger charge is 2.48. The molecule has 1 unspecified atom stereocenters. The van der Waals surface area contributed by atoms with Crippen molar-refractivity contribution < 1.29 is 19.8 Å². The summed E-state index contributed by atoms with van der Waals surface area (Å²) in [6.45, 7) is 2.96. The standard InChI is InChI=1S/C31H37N5O4/c1-22(11-8-10-17-35-20-28(33-34-35)25(21-37)23-12-5-4-6-13-23)31(40)26-19-24(15-16-27(26)32-30(31)39)36-18-9-3-2-7-14-29(36)38/h4-6,8,11-13,15-16,19-20,22,25,37,40H,2-3,7,9-10,14,17-18,21H2,1H3,(H,32,39)/b11-8+/t22-,25?,31+/m1/s1. The van der Waals surface area contributed by atoms with Gasteiger partial charge in [0.05, 0.1) is 18.2 Å². The van der Waals surface area contributed by atoms with E-state index in [2.05, 4.69) is 15.6 Å². The van der Waals surface area contributed by atoms with E-state index in [1.54, 1.807) is 21.7 Å². The minimum atomic E-state index is -1.74. The number of carbonyl (C=O) groups excluding carboxylic acids is 2. The molecule has 3 heterocycles. The molecule has 1 fully saturated rings. The summed E-state index contributed by atoms with van der Waals surface area (Å²) in [6.07, 6.45) is 10.7. The number of nitrogens with zero attached hydrogens (tertiary/aromatic N) is 4. The highest BCUT2D eigenvalue weighted by molar-refractivity contribution is 6.06. The van der Waals surface area contributed by atoms with Crippen molar-refractivity contribution in [1.82, 2.24) is 15.0 Å².